The summed E-state index contributed by atoms with van der Waals surface area (Å²) < 4.78 is 32.1. The molecular weight excluding hydrogens is 554 g/mol. The average molecular weight is 575 g/mol. The zero-order chi connectivity index (χ0) is 28.2. The van der Waals surface area contributed by atoms with Crippen molar-refractivity contribution in [2.45, 2.75) is 31.3 Å². The molecule has 206 valence electrons. The van der Waals surface area contributed by atoms with Crippen LogP contribution in [0.25, 0.3) is 22.5 Å². The molecule has 1 N–H and O–H groups in total. The van der Waals surface area contributed by atoms with E-state index >= 15 is 8.78 Å². The number of nitriles is 1. The molecule has 0 bridgehead atoms. The summed E-state index contributed by atoms with van der Waals surface area (Å²) in [5, 5.41) is 20.1. The molecule has 0 saturated carbocycles. The normalized spacial score (nSPS) is 20.5. The molecule has 3 aliphatic rings. The molecular formula is C27H21ClF2N10O. The lowest BCUT2D eigenvalue weighted by atomic mass is 9.92. The number of H-pyrrole nitrogens is 1. The Labute approximate surface area is 237 Å². The van der Waals surface area contributed by atoms with Gasteiger partial charge in [-0.1, -0.05) is 11.6 Å². The molecule has 3 aliphatic heterocycles. The molecule has 0 spiro atoms. The summed E-state index contributed by atoms with van der Waals surface area (Å²) in [5.41, 5.74) is 1.86. The van der Waals surface area contributed by atoms with Crippen LogP contribution in [-0.4, -0.2) is 65.1 Å². The van der Waals surface area contributed by atoms with E-state index in [1.807, 2.05) is 0 Å². The first kappa shape index (κ1) is 25.3. The van der Waals surface area contributed by atoms with Crippen LogP contribution in [0.1, 0.15) is 36.7 Å². The van der Waals surface area contributed by atoms with Gasteiger partial charge in [0.15, 0.2) is 17.5 Å². The second-order valence-electron chi connectivity index (χ2n) is 10.3. The molecule has 0 unspecified atom stereocenters. The van der Waals surface area contributed by atoms with Crippen molar-refractivity contribution in [3.05, 3.63) is 71.0 Å². The number of imidazole rings is 1. The Morgan fingerprint density at radius 2 is 1.98 bits per heavy atom. The summed E-state index contributed by atoms with van der Waals surface area (Å²) in [6.45, 7) is 0.870. The first-order valence-electron chi connectivity index (χ1n) is 13.0. The Hall–Kier alpha value is -4.70. The molecule has 11 nitrogen and oxygen atoms in total. The predicted octanol–water partition coefficient (Wildman–Crippen LogP) is 3.86. The number of carbonyl (C=O) groups excluding carboxylic acids is 1. The quantitative estimate of drug-likeness (QED) is 0.380. The van der Waals surface area contributed by atoms with Gasteiger partial charge in [0.1, 0.15) is 12.2 Å². The zero-order valence-electron chi connectivity index (χ0n) is 21.4. The van der Waals surface area contributed by atoms with Crippen molar-refractivity contribution in [2.75, 3.05) is 18.0 Å². The average Bonchev–Trinajstić information content (AvgIpc) is 3.71. The van der Waals surface area contributed by atoms with Gasteiger partial charge >= 0.3 is 0 Å². The minimum absolute atomic E-state index is 0.0643. The number of pyridine rings is 1. The number of benzene rings is 1. The monoisotopic (exact) mass is 574 g/mol. The van der Waals surface area contributed by atoms with Gasteiger partial charge in [-0.05, 0) is 53.5 Å². The number of halogens is 3. The van der Waals surface area contributed by atoms with Gasteiger partial charge in [-0.15, -0.1) is 5.10 Å². The van der Waals surface area contributed by atoms with Crippen molar-refractivity contribution in [2.24, 2.45) is 5.92 Å². The zero-order valence-corrected chi connectivity index (χ0v) is 22.1. The van der Waals surface area contributed by atoms with Gasteiger partial charge in [-0.2, -0.15) is 9.94 Å². The first-order chi connectivity index (χ1) is 19.9. The number of hydrogen-bond donors (Lipinski definition) is 1. The third kappa shape index (κ3) is 4.13. The van der Waals surface area contributed by atoms with Gasteiger partial charge in [0.2, 0.25) is 5.91 Å². The highest BCUT2D eigenvalue weighted by Crippen LogP contribution is 2.44. The maximum Gasteiger partial charge on any atom is 0.247 e. The highest BCUT2D eigenvalue weighted by atomic mass is 35.5. The van der Waals surface area contributed by atoms with Crippen LogP contribution in [-0.2, 0) is 4.79 Å². The van der Waals surface area contributed by atoms with Crippen LogP contribution in [0, 0.1) is 28.9 Å². The van der Waals surface area contributed by atoms with Crippen LogP contribution in [0.4, 0.5) is 14.6 Å². The lowest BCUT2D eigenvalue weighted by Gasteiger charge is -2.36. The van der Waals surface area contributed by atoms with Crippen LogP contribution < -0.4 is 4.90 Å². The Bertz CT molecular complexity index is 1740. The van der Waals surface area contributed by atoms with Crippen LogP contribution in [0.5, 0.6) is 0 Å². The highest BCUT2D eigenvalue weighted by Gasteiger charge is 2.42. The number of hydrogen-bond acceptors (Lipinski definition) is 8. The van der Waals surface area contributed by atoms with Gasteiger partial charge in [-0.3, -0.25) is 4.79 Å². The second-order valence-corrected chi connectivity index (χ2v) is 10.7. The lowest BCUT2D eigenvalue weighted by molar-refractivity contribution is -0.129. The molecule has 14 heteroatoms. The number of fused-ring (bicyclic) bond motifs is 1. The number of nitrogens with zero attached hydrogens (tertiary/aromatic N) is 9. The first-order valence-corrected chi connectivity index (χ1v) is 13.4. The fourth-order valence-electron chi connectivity index (χ4n) is 5.94. The fraction of sp³-hybridized carbons (Fsp3) is 0.296. The largest absolute Gasteiger partial charge is 0.351 e. The van der Waals surface area contributed by atoms with Crippen molar-refractivity contribution in [1.29, 1.82) is 5.26 Å². The van der Waals surface area contributed by atoms with Gasteiger partial charge in [0, 0.05) is 42.5 Å². The molecule has 0 aliphatic carbocycles. The molecule has 4 aromatic rings. The van der Waals surface area contributed by atoms with E-state index in [9.17, 15) is 4.79 Å². The highest BCUT2D eigenvalue weighted by molar-refractivity contribution is 6.31. The maximum absolute atomic E-state index is 15.4. The second kappa shape index (κ2) is 9.74. The number of tetrazole rings is 1. The maximum atomic E-state index is 15.4. The van der Waals surface area contributed by atoms with Crippen molar-refractivity contribution >= 4 is 28.9 Å². The minimum atomic E-state index is -0.641. The van der Waals surface area contributed by atoms with E-state index in [0.29, 0.717) is 60.7 Å². The Morgan fingerprint density at radius 3 is 2.76 bits per heavy atom. The summed E-state index contributed by atoms with van der Waals surface area (Å²) in [4.78, 5) is 28.9. The molecule has 2 fully saturated rings. The minimum Gasteiger partial charge on any atom is -0.351 e. The molecule has 2 saturated heterocycles. The van der Waals surface area contributed by atoms with Crippen molar-refractivity contribution < 1.29 is 13.6 Å². The molecule has 3 aromatic heterocycles. The number of rotatable bonds is 5. The molecule has 41 heavy (non-hydrogen) atoms. The van der Waals surface area contributed by atoms with Crippen LogP contribution in [0.15, 0.2) is 43.0 Å². The lowest BCUT2D eigenvalue weighted by Crippen LogP contribution is -2.46. The van der Waals surface area contributed by atoms with Crippen LogP contribution in [0.3, 0.4) is 0 Å². The van der Waals surface area contributed by atoms with Crippen molar-refractivity contribution in [3.63, 3.8) is 0 Å². The smallest absolute Gasteiger partial charge is 0.247 e. The van der Waals surface area contributed by atoms with Gasteiger partial charge in [-0.25, -0.2) is 18.7 Å². The summed E-state index contributed by atoms with van der Waals surface area (Å²) >= 11 is 6.12. The molecule has 1 amide bonds. The number of aromatic amines is 1. The number of nitrogens with one attached hydrogen (secondary N) is 1. The number of amides is 1. The van der Waals surface area contributed by atoms with E-state index in [4.69, 9.17) is 16.9 Å². The van der Waals surface area contributed by atoms with E-state index in [1.165, 1.54) is 29.3 Å². The SMILES string of the molecule is N#CC1CN(c2nccc(-c3cnc([C@@H]4CC[C@@H]5CC(c6c(-n7cnnn7)ccc(Cl)c6F)=CC(=O)N54)[nH]3)c2F)C1. The van der Waals surface area contributed by atoms with Crippen molar-refractivity contribution in [3.8, 4) is 23.0 Å². The Morgan fingerprint density at radius 1 is 1.12 bits per heavy atom. The van der Waals surface area contributed by atoms with E-state index in [0.717, 1.165) is 0 Å². The third-order valence-electron chi connectivity index (χ3n) is 7.94. The molecule has 7 rings (SSSR count). The fourth-order valence-corrected chi connectivity index (χ4v) is 6.10. The molecule has 2 atom stereocenters. The summed E-state index contributed by atoms with van der Waals surface area (Å²) in [5.74, 6) is -0.802. The third-order valence-corrected chi connectivity index (χ3v) is 8.23. The summed E-state index contributed by atoms with van der Waals surface area (Å²) in [7, 11) is 0. The van der Waals surface area contributed by atoms with E-state index < -0.39 is 11.6 Å². The summed E-state index contributed by atoms with van der Waals surface area (Å²) in [6.07, 6.45) is 7.57. The predicted molar refractivity (Wildman–Crippen MR) is 142 cm³/mol. The molecule has 0 radical (unpaired) electrons. The Balaban J connectivity index is 1.17. The van der Waals surface area contributed by atoms with Gasteiger partial charge in [0.25, 0.3) is 0 Å². The number of anilines is 1. The number of carbonyl (C=O) groups is 1. The van der Waals surface area contributed by atoms with Crippen LogP contribution >= 0.6 is 11.6 Å². The number of aromatic nitrogens is 7. The van der Waals surface area contributed by atoms with E-state index in [2.05, 4.69) is 36.5 Å². The van der Waals surface area contributed by atoms with E-state index in [1.54, 1.807) is 28.1 Å². The molecule has 1 aromatic carbocycles. The Kier molecular flexibility index (Phi) is 6.01. The summed E-state index contributed by atoms with van der Waals surface area (Å²) in [6, 6.07) is 6.25. The van der Waals surface area contributed by atoms with E-state index in [-0.39, 0.29) is 40.3 Å². The molecule has 6 heterocycles. The van der Waals surface area contributed by atoms with Crippen molar-refractivity contribution in [1.82, 2.24) is 40.1 Å². The standard InChI is InChI=1S/C27H21ClF2N10O/c28-18-2-4-20(39-13-34-36-37-39)23(25(18)30)15-7-16-1-3-21(40(16)22(41)8-15)26-33-10-19(35-26)17-5-6-32-27(24(17)29)38-11-14(9-31)12-38/h2,4-6,8,10,13-14,16,21H,1,3,7,11-12H2,(H,33,35)/t16-,21+/m1/s1. The topological polar surface area (TPSA) is 133 Å². The van der Waals surface area contributed by atoms with Gasteiger partial charge in [0.05, 0.1) is 40.6 Å². The van der Waals surface area contributed by atoms with Crippen LogP contribution in [0.2, 0.25) is 5.02 Å². The van der Waals surface area contributed by atoms with Gasteiger partial charge < -0.3 is 14.8 Å².